The average Bonchev–Trinajstić information content (AvgIpc) is 3.13. The van der Waals surface area contributed by atoms with Crippen LogP contribution < -0.4 is 5.73 Å². The molecule has 0 spiro atoms. The van der Waals surface area contributed by atoms with Crippen LogP contribution in [0.4, 0.5) is 0 Å². The summed E-state index contributed by atoms with van der Waals surface area (Å²) in [6.45, 7) is 6.77. The lowest BCUT2D eigenvalue weighted by Gasteiger charge is -2.38. The molecule has 2 N–H and O–H groups in total. The zero-order chi connectivity index (χ0) is 13.2. The van der Waals surface area contributed by atoms with Crippen molar-refractivity contribution in [2.75, 3.05) is 39.3 Å². The minimum absolute atomic E-state index is 0.402. The number of hydrogen-bond acceptors (Lipinski definition) is 4. The molecule has 2 heterocycles. The van der Waals surface area contributed by atoms with Gasteiger partial charge in [-0.1, -0.05) is 0 Å². The number of hydrogen-bond donors (Lipinski definition) is 1. The van der Waals surface area contributed by atoms with Gasteiger partial charge in [0.1, 0.15) is 0 Å². The number of piperazine rings is 1. The second-order valence-corrected chi connectivity index (χ2v) is 8.17. The molecular weight excluding hydrogens is 322 g/mol. The first-order chi connectivity index (χ1) is 9.26. The number of halogens is 1. The lowest BCUT2D eigenvalue weighted by Crippen LogP contribution is -2.49. The summed E-state index contributed by atoms with van der Waals surface area (Å²) in [5, 5.41) is 0. The normalized spacial score (nSPS) is 23.7. The molecule has 1 unspecified atom stereocenters. The summed E-state index contributed by atoms with van der Waals surface area (Å²) in [5.74, 6) is 1.00. The quantitative estimate of drug-likeness (QED) is 0.891. The summed E-state index contributed by atoms with van der Waals surface area (Å²) in [5.41, 5.74) is 6.01. The minimum Gasteiger partial charge on any atom is -0.329 e. The van der Waals surface area contributed by atoms with Crippen LogP contribution in [0.2, 0.25) is 0 Å². The highest BCUT2D eigenvalue weighted by molar-refractivity contribution is 9.11. The molecule has 1 aromatic rings. The summed E-state index contributed by atoms with van der Waals surface area (Å²) >= 11 is 5.37. The number of nitrogens with two attached hydrogens (primary N) is 1. The Bertz CT molecular complexity index is 411. The highest BCUT2D eigenvalue weighted by Crippen LogP contribution is 2.32. The zero-order valence-electron chi connectivity index (χ0n) is 11.2. The molecule has 3 rings (SSSR count). The molecular formula is C14H22BrN3S. The summed E-state index contributed by atoms with van der Waals surface area (Å²) in [4.78, 5) is 6.58. The highest BCUT2D eigenvalue weighted by atomic mass is 79.9. The smallest absolute Gasteiger partial charge is 0.0702 e. The third-order valence-corrected chi connectivity index (χ3v) is 5.93. The molecule has 1 saturated carbocycles. The Balaban J connectivity index is 1.56. The largest absolute Gasteiger partial charge is 0.329 e. The van der Waals surface area contributed by atoms with E-state index in [0.29, 0.717) is 6.04 Å². The van der Waals surface area contributed by atoms with Crippen LogP contribution in [0.5, 0.6) is 0 Å². The van der Waals surface area contributed by atoms with E-state index in [4.69, 9.17) is 5.73 Å². The van der Waals surface area contributed by atoms with Crippen LogP contribution >= 0.6 is 27.3 Å². The highest BCUT2D eigenvalue weighted by Gasteiger charge is 2.29. The Kier molecular flexibility index (Phi) is 4.59. The van der Waals surface area contributed by atoms with Gasteiger partial charge in [0.25, 0.3) is 0 Å². The average molecular weight is 344 g/mol. The van der Waals surface area contributed by atoms with Gasteiger partial charge in [0, 0.05) is 44.1 Å². The van der Waals surface area contributed by atoms with Gasteiger partial charge in [0.05, 0.1) is 9.83 Å². The van der Waals surface area contributed by atoms with Crippen molar-refractivity contribution in [2.45, 2.75) is 18.9 Å². The maximum absolute atomic E-state index is 6.01. The first kappa shape index (κ1) is 14.0. The molecule has 1 saturated heterocycles. The summed E-state index contributed by atoms with van der Waals surface area (Å²) in [7, 11) is 0. The Morgan fingerprint density at radius 3 is 2.53 bits per heavy atom. The van der Waals surface area contributed by atoms with Gasteiger partial charge in [0.2, 0.25) is 0 Å². The summed E-state index contributed by atoms with van der Waals surface area (Å²) in [6, 6.07) is 4.74. The molecule has 106 valence electrons. The van der Waals surface area contributed by atoms with Gasteiger partial charge in [-0.15, -0.1) is 11.3 Å². The van der Waals surface area contributed by atoms with Crippen LogP contribution in [0.3, 0.4) is 0 Å². The fourth-order valence-electron chi connectivity index (χ4n) is 2.88. The molecule has 3 nitrogen and oxygen atoms in total. The molecule has 2 fully saturated rings. The van der Waals surface area contributed by atoms with Crippen LogP contribution in [0.25, 0.3) is 0 Å². The van der Waals surface area contributed by atoms with E-state index in [9.17, 15) is 0 Å². The van der Waals surface area contributed by atoms with E-state index in [1.165, 1.54) is 41.1 Å². The van der Waals surface area contributed by atoms with Gasteiger partial charge in [-0.05, 0) is 46.8 Å². The van der Waals surface area contributed by atoms with E-state index in [1.807, 2.05) is 11.3 Å². The lowest BCUT2D eigenvalue weighted by atomic mass is 10.1. The van der Waals surface area contributed by atoms with Gasteiger partial charge in [-0.3, -0.25) is 4.90 Å². The Morgan fingerprint density at radius 2 is 2.00 bits per heavy atom. The van der Waals surface area contributed by atoms with Gasteiger partial charge in [0.15, 0.2) is 0 Å². The van der Waals surface area contributed by atoms with Crippen molar-refractivity contribution in [3.8, 4) is 0 Å². The molecule has 2 aliphatic rings. The predicted molar refractivity (Wildman–Crippen MR) is 84.6 cm³/mol. The van der Waals surface area contributed by atoms with Crippen LogP contribution in [0.15, 0.2) is 15.9 Å². The van der Waals surface area contributed by atoms with Gasteiger partial charge >= 0.3 is 0 Å². The van der Waals surface area contributed by atoms with Crippen LogP contribution in [0, 0.1) is 5.92 Å². The van der Waals surface area contributed by atoms with Crippen molar-refractivity contribution >= 4 is 27.3 Å². The molecule has 0 amide bonds. The molecule has 5 heteroatoms. The fourth-order valence-corrected chi connectivity index (χ4v) is 4.45. The topological polar surface area (TPSA) is 32.5 Å². The fraction of sp³-hybridized carbons (Fsp3) is 0.714. The zero-order valence-corrected chi connectivity index (χ0v) is 13.6. The first-order valence-electron chi connectivity index (χ1n) is 7.18. The maximum Gasteiger partial charge on any atom is 0.0702 e. The van der Waals surface area contributed by atoms with E-state index in [1.54, 1.807) is 0 Å². The monoisotopic (exact) mass is 343 g/mol. The van der Waals surface area contributed by atoms with Crippen molar-refractivity contribution in [3.63, 3.8) is 0 Å². The summed E-state index contributed by atoms with van der Waals surface area (Å²) < 4.78 is 1.20. The third kappa shape index (κ3) is 3.58. The molecule has 0 radical (unpaired) electrons. The van der Waals surface area contributed by atoms with Crippen molar-refractivity contribution in [1.29, 1.82) is 0 Å². The third-order valence-electron chi connectivity index (χ3n) is 4.21. The molecule has 0 aromatic carbocycles. The van der Waals surface area contributed by atoms with Crippen molar-refractivity contribution in [2.24, 2.45) is 11.7 Å². The Hall–Kier alpha value is 0.0600. The number of nitrogens with zero attached hydrogens (tertiary/aromatic N) is 2. The Morgan fingerprint density at radius 1 is 1.26 bits per heavy atom. The minimum atomic E-state index is 0.402. The molecule has 1 aromatic heterocycles. The van der Waals surface area contributed by atoms with E-state index < -0.39 is 0 Å². The predicted octanol–water partition coefficient (Wildman–Crippen LogP) is 2.54. The number of rotatable bonds is 5. The SMILES string of the molecule is NCC(c1ccc(Br)s1)N1CCN(CC2CC2)CC1. The van der Waals surface area contributed by atoms with Crippen molar-refractivity contribution in [1.82, 2.24) is 9.80 Å². The van der Waals surface area contributed by atoms with Crippen molar-refractivity contribution < 1.29 is 0 Å². The van der Waals surface area contributed by atoms with Gasteiger partial charge in [-0.2, -0.15) is 0 Å². The second-order valence-electron chi connectivity index (χ2n) is 5.67. The second kappa shape index (κ2) is 6.22. The van der Waals surface area contributed by atoms with Gasteiger partial charge < -0.3 is 10.6 Å². The molecule has 1 aliphatic carbocycles. The maximum atomic E-state index is 6.01. The number of thiophene rings is 1. The molecule has 1 atom stereocenters. The van der Waals surface area contributed by atoms with Crippen molar-refractivity contribution in [3.05, 3.63) is 20.8 Å². The first-order valence-corrected chi connectivity index (χ1v) is 8.79. The molecule has 1 aliphatic heterocycles. The standard InChI is InChI=1S/C14H22BrN3S/c15-14-4-3-13(19-14)12(9-16)18-7-5-17(6-8-18)10-11-1-2-11/h3-4,11-12H,1-2,5-10,16H2. The molecule has 0 bridgehead atoms. The van der Waals surface area contributed by atoms with Crippen LogP contribution in [-0.4, -0.2) is 49.1 Å². The Labute approximate surface area is 127 Å². The van der Waals surface area contributed by atoms with Gasteiger partial charge in [-0.25, -0.2) is 0 Å². The van der Waals surface area contributed by atoms with E-state index in [0.717, 1.165) is 25.6 Å². The molecule has 19 heavy (non-hydrogen) atoms. The van der Waals surface area contributed by atoms with Crippen LogP contribution in [0.1, 0.15) is 23.8 Å². The van der Waals surface area contributed by atoms with Crippen LogP contribution in [-0.2, 0) is 0 Å². The lowest BCUT2D eigenvalue weighted by molar-refractivity contribution is 0.0968. The summed E-state index contributed by atoms with van der Waals surface area (Å²) in [6.07, 6.45) is 2.91. The van der Waals surface area contributed by atoms with E-state index in [-0.39, 0.29) is 0 Å². The van der Waals surface area contributed by atoms with E-state index in [2.05, 4.69) is 37.9 Å². The van der Waals surface area contributed by atoms with E-state index >= 15 is 0 Å².